The lowest BCUT2D eigenvalue weighted by Gasteiger charge is -2.37. The normalized spacial score (nSPS) is 24.6. The van der Waals surface area contributed by atoms with Crippen LogP contribution in [0.5, 0.6) is 0 Å². The maximum atomic E-state index is 3.65. The first-order valence-electron chi connectivity index (χ1n) is 7.77. The lowest BCUT2D eigenvalue weighted by Crippen LogP contribution is -2.31. The van der Waals surface area contributed by atoms with E-state index in [2.05, 4.69) is 42.9 Å². The van der Waals surface area contributed by atoms with E-state index in [0.717, 1.165) is 18.4 Å². The first-order valence-corrected chi connectivity index (χ1v) is 8.72. The van der Waals surface area contributed by atoms with Crippen molar-refractivity contribution in [3.8, 4) is 0 Å². The van der Waals surface area contributed by atoms with Gasteiger partial charge in [0.15, 0.2) is 0 Å². The van der Waals surface area contributed by atoms with Crippen LogP contribution in [-0.4, -0.2) is 13.1 Å². The van der Waals surface area contributed by atoms with Crippen molar-refractivity contribution in [1.29, 1.82) is 0 Å². The fraction of sp³-hybridized carbons (Fsp3) is 0.765. The van der Waals surface area contributed by atoms with E-state index >= 15 is 0 Å². The van der Waals surface area contributed by atoms with Gasteiger partial charge in [-0.25, -0.2) is 0 Å². The average Bonchev–Trinajstić information content (AvgIpc) is 2.87. The number of rotatable bonds is 5. The number of nitrogens with one attached hydrogen (secondary N) is 1. The molecule has 0 bridgehead atoms. The molecule has 0 amide bonds. The van der Waals surface area contributed by atoms with Crippen LogP contribution >= 0.6 is 11.3 Å². The first kappa shape index (κ1) is 15.1. The maximum Gasteiger partial charge on any atom is -0.000794 e. The third-order valence-electron chi connectivity index (χ3n) is 4.68. The smallest absolute Gasteiger partial charge is 0.000794 e. The molecule has 1 saturated carbocycles. The van der Waals surface area contributed by atoms with Crippen molar-refractivity contribution in [2.75, 3.05) is 13.1 Å². The van der Waals surface area contributed by atoms with Crippen LogP contribution in [0.1, 0.15) is 52.0 Å². The molecule has 1 N–H and O–H groups in total. The maximum absolute atomic E-state index is 3.65. The summed E-state index contributed by atoms with van der Waals surface area (Å²) >= 11 is 1.80. The summed E-state index contributed by atoms with van der Waals surface area (Å²) in [5.74, 6) is 1.86. The molecule has 2 heteroatoms. The number of hydrogen-bond donors (Lipinski definition) is 1. The topological polar surface area (TPSA) is 12.0 Å². The van der Waals surface area contributed by atoms with E-state index in [1.54, 1.807) is 11.3 Å². The monoisotopic (exact) mass is 279 g/mol. The Bertz CT molecular complexity index is 342. The summed E-state index contributed by atoms with van der Waals surface area (Å²) in [6.07, 6.45) is 6.89. The van der Waals surface area contributed by atoms with Crippen molar-refractivity contribution < 1.29 is 0 Å². The van der Waals surface area contributed by atoms with Gasteiger partial charge in [0.25, 0.3) is 0 Å². The molecule has 1 fully saturated rings. The van der Waals surface area contributed by atoms with E-state index in [4.69, 9.17) is 0 Å². The summed E-state index contributed by atoms with van der Waals surface area (Å²) < 4.78 is 0. The van der Waals surface area contributed by atoms with Crippen LogP contribution in [0.15, 0.2) is 16.8 Å². The zero-order valence-corrected chi connectivity index (χ0v) is 13.6. The summed E-state index contributed by atoms with van der Waals surface area (Å²) in [6, 6.07) is 2.24. The van der Waals surface area contributed by atoms with E-state index < -0.39 is 0 Å². The van der Waals surface area contributed by atoms with Gasteiger partial charge in [0.2, 0.25) is 0 Å². The van der Waals surface area contributed by atoms with Gasteiger partial charge < -0.3 is 5.32 Å². The molecule has 0 radical (unpaired) electrons. The van der Waals surface area contributed by atoms with Crippen LogP contribution in [0.25, 0.3) is 0 Å². The molecule has 1 aromatic rings. The molecule has 0 saturated heterocycles. The summed E-state index contributed by atoms with van der Waals surface area (Å²) in [4.78, 5) is 0. The van der Waals surface area contributed by atoms with E-state index in [0.29, 0.717) is 5.41 Å². The molecule has 1 aromatic heterocycles. The van der Waals surface area contributed by atoms with Crippen LogP contribution in [-0.2, 0) is 6.42 Å². The average molecular weight is 279 g/mol. The Morgan fingerprint density at radius 2 is 1.95 bits per heavy atom. The predicted octanol–water partition coefficient (Wildman–Crippen LogP) is 4.73. The zero-order valence-electron chi connectivity index (χ0n) is 12.7. The van der Waals surface area contributed by atoms with Gasteiger partial charge in [-0.2, -0.15) is 11.3 Å². The lowest BCUT2D eigenvalue weighted by molar-refractivity contribution is 0.149. The SMILES string of the molecule is CC(C)(C)C1CCC(CNCCc2ccsc2)CC1. The van der Waals surface area contributed by atoms with Crippen molar-refractivity contribution in [2.24, 2.45) is 17.3 Å². The predicted molar refractivity (Wildman–Crippen MR) is 85.8 cm³/mol. The van der Waals surface area contributed by atoms with Gasteiger partial charge >= 0.3 is 0 Å². The highest BCUT2D eigenvalue weighted by Crippen LogP contribution is 2.39. The lowest BCUT2D eigenvalue weighted by atomic mass is 9.70. The van der Waals surface area contributed by atoms with E-state index in [1.165, 1.54) is 44.2 Å². The van der Waals surface area contributed by atoms with E-state index in [9.17, 15) is 0 Å². The number of hydrogen-bond acceptors (Lipinski definition) is 2. The Balaban J connectivity index is 1.58. The van der Waals surface area contributed by atoms with Crippen molar-refractivity contribution in [2.45, 2.75) is 52.9 Å². The molecule has 1 heterocycles. The minimum Gasteiger partial charge on any atom is -0.316 e. The van der Waals surface area contributed by atoms with Gasteiger partial charge in [-0.05, 0) is 84.8 Å². The molecular weight excluding hydrogens is 250 g/mol. The molecule has 0 spiro atoms. The summed E-state index contributed by atoms with van der Waals surface area (Å²) in [5.41, 5.74) is 1.99. The number of thiophene rings is 1. The van der Waals surface area contributed by atoms with Gasteiger partial charge in [0.1, 0.15) is 0 Å². The van der Waals surface area contributed by atoms with Crippen molar-refractivity contribution in [3.05, 3.63) is 22.4 Å². The van der Waals surface area contributed by atoms with Gasteiger partial charge in [-0.15, -0.1) is 0 Å². The van der Waals surface area contributed by atoms with Gasteiger partial charge in [-0.1, -0.05) is 20.8 Å². The second-order valence-corrected chi connectivity index (χ2v) is 7.95. The van der Waals surface area contributed by atoms with Crippen molar-refractivity contribution in [1.82, 2.24) is 5.32 Å². The summed E-state index contributed by atoms with van der Waals surface area (Å²) in [7, 11) is 0. The molecule has 1 nitrogen and oxygen atoms in total. The standard InChI is InChI=1S/C17H29NS/c1-17(2,3)16-6-4-14(5-7-16)12-18-10-8-15-9-11-19-13-15/h9,11,13-14,16,18H,4-8,10,12H2,1-3H3. The van der Waals surface area contributed by atoms with Crippen LogP contribution in [0.3, 0.4) is 0 Å². The Morgan fingerprint density at radius 1 is 1.21 bits per heavy atom. The summed E-state index contributed by atoms with van der Waals surface area (Å²) in [5, 5.41) is 8.08. The highest BCUT2D eigenvalue weighted by molar-refractivity contribution is 7.07. The Hall–Kier alpha value is -0.340. The van der Waals surface area contributed by atoms with Gasteiger partial charge in [-0.3, -0.25) is 0 Å². The Kier molecular flexibility index (Phi) is 5.47. The van der Waals surface area contributed by atoms with Crippen LogP contribution < -0.4 is 5.32 Å². The molecular formula is C17H29NS. The van der Waals surface area contributed by atoms with E-state index in [-0.39, 0.29) is 0 Å². The van der Waals surface area contributed by atoms with Crippen molar-refractivity contribution >= 4 is 11.3 Å². The van der Waals surface area contributed by atoms with Gasteiger partial charge in [0, 0.05) is 0 Å². The molecule has 1 aliphatic rings. The minimum absolute atomic E-state index is 0.511. The Morgan fingerprint density at radius 3 is 2.53 bits per heavy atom. The quantitative estimate of drug-likeness (QED) is 0.768. The molecule has 0 unspecified atom stereocenters. The fourth-order valence-corrected chi connectivity index (χ4v) is 3.91. The van der Waals surface area contributed by atoms with Crippen LogP contribution in [0.2, 0.25) is 0 Å². The molecule has 108 valence electrons. The Labute approximate surface area is 122 Å². The third kappa shape index (κ3) is 4.92. The van der Waals surface area contributed by atoms with E-state index in [1.807, 2.05) is 0 Å². The molecule has 2 rings (SSSR count). The largest absolute Gasteiger partial charge is 0.316 e. The minimum atomic E-state index is 0.511. The van der Waals surface area contributed by atoms with Crippen LogP contribution in [0, 0.1) is 17.3 Å². The molecule has 19 heavy (non-hydrogen) atoms. The molecule has 0 aromatic carbocycles. The van der Waals surface area contributed by atoms with Crippen LogP contribution in [0.4, 0.5) is 0 Å². The summed E-state index contributed by atoms with van der Waals surface area (Å²) in [6.45, 7) is 9.56. The first-order chi connectivity index (χ1) is 9.05. The molecule has 1 aliphatic carbocycles. The zero-order chi connectivity index (χ0) is 13.7. The second-order valence-electron chi connectivity index (χ2n) is 7.17. The highest BCUT2D eigenvalue weighted by Gasteiger charge is 2.29. The molecule has 0 atom stereocenters. The van der Waals surface area contributed by atoms with Gasteiger partial charge in [0.05, 0.1) is 0 Å². The highest BCUT2D eigenvalue weighted by atomic mass is 32.1. The second kappa shape index (κ2) is 6.90. The molecule has 0 aliphatic heterocycles. The third-order valence-corrected chi connectivity index (χ3v) is 5.41. The fourth-order valence-electron chi connectivity index (χ4n) is 3.21. The van der Waals surface area contributed by atoms with Crippen molar-refractivity contribution in [3.63, 3.8) is 0 Å².